The molecule has 0 bridgehead atoms. The predicted molar refractivity (Wildman–Crippen MR) is 94.2 cm³/mol. The van der Waals surface area contributed by atoms with Gasteiger partial charge in [-0.3, -0.25) is 4.99 Å². The molecule has 3 atom stereocenters. The highest BCUT2D eigenvalue weighted by molar-refractivity contribution is 7.99. The van der Waals surface area contributed by atoms with Crippen molar-refractivity contribution in [2.45, 2.75) is 44.2 Å². The second-order valence-corrected chi connectivity index (χ2v) is 7.64. The molecule has 0 spiro atoms. The van der Waals surface area contributed by atoms with Crippen molar-refractivity contribution >= 4 is 17.7 Å². The second-order valence-electron chi connectivity index (χ2n) is 6.53. The summed E-state index contributed by atoms with van der Waals surface area (Å²) >= 11 is 2.02. The SMILES string of the molecule is CCNC(=NCC1(N(C)C)CCSC1)NC1CCCC1C#N. The van der Waals surface area contributed by atoms with Gasteiger partial charge in [0.2, 0.25) is 0 Å². The summed E-state index contributed by atoms with van der Waals surface area (Å²) in [6, 6.07) is 2.67. The topological polar surface area (TPSA) is 63.5 Å². The number of aliphatic imine (C=N–C) groups is 1. The van der Waals surface area contributed by atoms with Crippen molar-refractivity contribution < 1.29 is 0 Å². The van der Waals surface area contributed by atoms with E-state index >= 15 is 0 Å². The molecule has 6 heteroatoms. The average Bonchev–Trinajstić information content (AvgIpc) is 3.14. The van der Waals surface area contributed by atoms with Gasteiger partial charge in [-0.1, -0.05) is 0 Å². The van der Waals surface area contributed by atoms with Gasteiger partial charge < -0.3 is 15.5 Å². The summed E-state index contributed by atoms with van der Waals surface area (Å²) in [7, 11) is 4.31. The highest BCUT2D eigenvalue weighted by Crippen LogP contribution is 2.32. The molecule has 0 aromatic heterocycles. The molecule has 0 aromatic rings. The highest BCUT2D eigenvalue weighted by Gasteiger charge is 2.36. The first-order chi connectivity index (χ1) is 10.6. The second kappa shape index (κ2) is 8.07. The van der Waals surface area contributed by atoms with E-state index in [0.29, 0.717) is 0 Å². The molecule has 2 rings (SSSR count). The van der Waals surface area contributed by atoms with Gasteiger partial charge in [0.25, 0.3) is 0 Å². The molecule has 0 radical (unpaired) electrons. The van der Waals surface area contributed by atoms with Crippen molar-refractivity contribution in [3.8, 4) is 6.07 Å². The lowest BCUT2D eigenvalue weighted by Crippen LogP contribution is -2.49. The van der Waals surface area contributed by atoms with Gasteiger partial charge >= 0.3 is 0 Å². The van der Waals surface area contributed by atoms with Gasteiger partial charge in [-0.15, -0.1) is 0 Å². The summed E-state index contributed by atoms with van der Waals surface area (Å²) in [5.74, 6) is 3.35. The number of nitriles is 1. The summed E-state index contributed by atoms with van der Waals surface area (Å²) in [6.07, 6.45) is 4.40. The van der Waals surface area contributed by atoms with Crippen LogP contribution in [-0.4, -0.2) is 61.1 Å². The minimum absolute atomic E-state index is 0.119. The molecule has 0 aromatic carbocycles. The summed E-state index contributed by atoms with van der Waals surface area (Å²) in [6.45, 7) is 3.74. The van der Waals surface area contributed by atoms with Gasteiger partial charge in [0.1, 0.15) is 0 Å². The largest absolute Gasteiger partial charge is 0.357 e. The number of likely N-dealkylation sites (N-methyl/N-ethyl adjacent to an activating group) is 1. The van der Waals surface area contributed by atoms with Crippen LogP contribution in [-0.2, 0) is 0 Å². The first-order valence-electron chi connectivity index (χ1n) is 8.31. The summed E-state index contributed by atoms with van der Waals surface area (Å²) in [5, 5.41) is 16.1. The fourth-order valence-electron chi connectivity index (χ4n) is 3.22. The molecule has 5 nitrogen and oxygen atoms in total. The van der Waals surface area contributed by atoms with Gasteiger partial charge in [0.05, 0.1) is 18.5 Å². The molecule has 3 unspecified atom stereocenters. The molecule has 2 N–H and O–H groups in total. The Labute approximate surface area is 138 Å². The van der Waals surface area contributed by atoms with E-state index in [1.807, 2.05) is 11.8 Å². The van der Waals surface area contributed by atoms with Crippen LogP contribution in [0.4, 0.5) is 0 Å². The van der Waals surface area contributed by atoms with Gasteiger partial charge in [0, 0.05) is 23.9 Å². The zero-order chi connectivity index (χ0) is 16.0. The fourth-order valence-corrected chi connectivity index (χ4v) is 4.77. The molecular formula is C16H29N5S. The Morgan fingerprint density at radius 3 is 2.86 bits per heavy atom. The molecule has 22 heavy (non-hydrogen) atoms. The first kappa shape index (κ1) is 17.4. The van der Waals surface area contributed by atoms with E-state index in [0.717, 1.165) is 44.1 Å². The Bertz CT molecular complexity index is 423. The number of nitrogens with zero attached hydrogens (tertiary/aromatic N) is 3. The number of hydrogen-bond acceptors (Lipinski definition) is 4. The van der Waals surface area contributed by atoms with E-state index in [2.05, 4.69) is 42.6 Å². The van der Waals surface area contributed by atoms with Crippen LogP contribution < -0.4 is 10.6 Å². The monoisotopic (exact) mass is 323 g/mol. The van der Waals surface area contributed by atoms with Crippen molar-refractivity contribution in [3.05, 3.63) is 0 Å². The van der Waals surface area contributed by atoms with Crippen LogP contribution in [0.5, 0.6) is 0 Å². The maximum atomic E-state index is 9.24. The van der Waals surface area contributed by atoms with Crippen LogP contribution in [0.1, 0.15) is 32.6 Å². The lowest BCUT2D eigenvalue weighted by atomic mass is 9.98. The van der Waals surface area contributed by atoms with Crippen LogP contribution in [0.25, 0.3) is 0 Å². The minimum atomic E-state index is 0.119. The van der Waals surface area contributed by atoms with Crippen LogP contribution in [0.3, 0.4) is 0 Å². The number of thioether (sulfide) groups is 1. The van der Waals surface area contributed by atoms with E-state index in [9.17, 15) is 5.26 Å². The molecule has 0 amide bonds. The minimum Gasteiger partial charge on any atom is -0.357 e. The Morgan fingerprint density at radius 1 is 1.45 bits per heavy atom. The molecule has 1 saturated carbocycles. The van der Waals surface area contributed by atoms with Gasteiger partial charge in [-0.25, -0.2) is 0 Å². The van der Waals surface area contributed by atoms with Crippen LogP contribution in [0, 0.1) is 17.2 Å². The molecular weight excluding hydrogens is 294 g/mol. The average molecular weight is 324 g/mol. The Morgan fingerprint density at radius 2 is 2.27 bits per heavy atom. The van der Waals surface area contributed by atoms with E-state index in [1.165, 1.54) is 12.2 Å². The van der Waals surface area contributed by atoms with Crippen molar-refractivity contribution in [1.82, 2.24) is 15.5 Å². The first-order valence-corrected chi connectivity index (χ1v) is 9.46. The smallest absolute Gasteiger partial charge is 0.191 e. The van der Waals surface area contributed by atoms with Crippen LogP contribution >= 0.6 is 11.8 Å². The Balaban J connectivity index is 2.02. The van der Waals surface area contributed by atoms with Crippen molar-refractivity contribution in [1.29, 1.82) is 5.26 Å². The van der Waals surface area contributed by atoms with Gasteiger partial charge in [-0.05, 0) is 52.5 Å². The molecule has 1 aliphatic heterocycles. The highest BCUT2D eigenvalue weighted by atomic mass is 32.2. The van der Waals surface area contributed by atoms with E-state index in [1.54, 1.807) is 0 Å². The Kier molecular flexibility index (Phi) is 6.39. The Hall–Kier alpha value is -0.930. The number of guanidine groups is 1. The van der Waals surface area contributed by atoms with E-state index < -0.39 is 0 Å². The zero-order valence-electron chi connectivity index (χ0n) is 14.1. The van der Waals surface area contributed by atoms with Crippen molar-refractivity contribution in [2.24, 2.45) is 10.9 Å². The molecule has 124 valence electrons. The quantitative estimate of drug-likeness (QED) is 0.595. The lowest BCUT2D eigenvalue weighted by Gasteiger charge is -2.34. The molecule has 2 fully saturated rings. The van der Waals surface area contributed by atoms with Gasteiger partial charge in [0.15, 0.2) is 5.96 Å². The van der Waals surface area contributed by atoms with Crippen LogP contribution in [0.2, 0.25) is 0 Å². The number of hydrogen-bond donors (Lipinski definition) is 2. The summed E-state index contributed by atoms with van der Waals surface area (Å²) in [5.41, 5.74) is 0.178. The predicted octanol–water partition coefficient (Wildman–Crippen LogP) is 1.67. The molecule has 1 heterocycles. The van der Waals surface area contributed by atoms with Crippen molar-refractivity contribution in [2.75, 3.05) is 38.7 Å². The lowest BCUT2D eigenvalue weighted by molar-refractivity contribution is 0.190. The van der Waals surface area contributed by atoms with Crippen LogP contribution in [0.15, 0.2) is 4.99 Å². The van der Waals surface area contributed by atoms with E-state index in [-0.39, 0.29) is 17.5 Å². The summed E-state index contributed by atoms with van der Waals surface area (Å²) < 4.78 is 0. The zero-order valence-corrected chi connectivity index (χ0v) is 14.9. The maximum absolute atomic E-state index is 9.24. The maximum Gasteiger partial charge on any atom is 0.191 e. The van der Waals surface area contributed by atoms with E-state index in [4.69, 9.17) is 4.99 Å². The molecule has 1 aliphatic carbocycles. The third-order valence-electron chi connectivity index (χ3n) is 4.91. The van der Waals surface area contributed by atoms with Crippen molar-refractivity contribution in [3.63, 3.8) is 0 Å². The number of rotatable bonds is 5. The third-order valence-corrected chi connectivity index (χ3v) is 6.15. The fraction of sp³-hybridized carbons (Fsp3) is 0.875. The standard InChI is InChI=1S/C16H29N5S/c1-4-18-15(20-14-7-5-6-13(14)10-17)19-11-16(21(2)3)8-9-22-12-16/h13-14H,4-9,11-12H2,1-3H3,(H2,18,19,20). The number of nitrogens with one attached hydrogen (secondary N) is 2. The molecule has 2 aliphatic rings. The van der Waals surface area contributed by atoms with Gasteiger partial charge in [-0.2, -0.15) is 17.0 Å². The normalized spacial score (nSPS) is 32.2. The summed E-state index contributed by atoms with van der Waals surface area (Å²) in [4.78, 5) is 7.18. The third kappa shape index (κ3) is 4.08. The molecule has 1 saturated heterocycles.